The first-order chi connectivity index (χ1) is 10.8. The van der Waals surface area contributed by atoms with Gasteiger partial charge in [0.2, 0.25) is 0 Å². The van der Waals surface area contributed by atoms with Crippen LogP contribution in [0.2, 0.25) is 0 Å². The van der Waals surface area contributed by atoms with E-state index in [0.29, 0.717) is 0 Å². The van der Waals surface area contributed by atoms with Crippen LogP contribution in [-0.4, -0.2) is 23.9 Å². The number of aryl methyl sites for hydroxylation is 1. The van der Waals surface area contributed by atoms with Gasteiger partial charge in [-0.15, -0.1) is 0 Å². The van der Waals surface area contributed by atoms with Crippen molar-refractivity contribution in [3.8, 4) is 0 Å². The average molecular weight is 327 g/mol. The topological polar surface area (TPSA) is 23.5 Å². The fourth-order valence-electron chi connectivity index (χ4n) is 2.28. The minimum atomic E-state index is -4.72. The van der Waals surface area contributed by atoms with Crippen molar-refractivity contribution in [1.29, 1.82) is 0 Å². The summed E-state index contributed by atoms with van der Waals surface area (Å²) in [6, 6.07) is 12.6. The van der Waals surface area contributed by atoms with Crippen LogP contribution in [0, 0.1) is 12.7 Å². The van der Waals surface area contributed by atoms with E-state index in [-0.39, 0.29) is 12.2 Å². The molecular weight excluding hydrogens is 310 g/mol. The normalized spacial score (nSPS) is 13.0. The van der Waals surface area contributed by atoms with Crippen LogP contribution >= 0.6 is 0 Å². The Kier molecular flexibility index (Phi) is 5.26. The van der Waals surface area contributed by atoms with Crippen molar-refractivity contribution in [3.05, 3.63) is 65.5 Å². The molecule has 0 aliphatic heterocycles. The zero-order valence-corrected chi connectivity index (χ0v) is 12.5. The molecule has 0 heterocycles. The second-order valence-corrected chi connectivity index (χ2v) is 5.41. The van der Waals surface area contributed by atoms with Gasteiger partial charge in [0.15, 0.2) is 6.10 Å². The molecule has 2 nitrogen and oxygen atoms in total. The molecular formula is C17H17F4NO. The predicted octanol–water partition coefficient (Wildman–Crippen LogP) is 4.06. The first-order valence-corrected chi connectivity index (χ1v) is 7.06. The Morgan fingerprint density at radius 3 is 2.39 bits per heavy atom. The molecule has 124 valence electrons. The molecule has 0 aliphatic rings. The Hall–Kier alpha value is -2.08. The number of hydrogen-bond donors (Lipinski definition) is 1. The van der Waals surface area contributed by atoms with Crippen LogP contribution in [0.5, 0.6) is 0 Å². The lowest BCUT2D eigenvalue weighted by Gasteiger charge is -2.28. The van der Waals surface area contributed by atoms with E-state index in [9.17, 15) is 22.7 Å². The molecule has 23 heavy (non-hydrogen) atoms. The Morgan fingerprint density at radius 2 is 1.78 bits per heavy atom. The summed E-state index contributed by atoms with van der Waals surface area (Å²) in [6.07, 6.45) is -7.23. The lowest BCUT2D eigenvalue weighted by molar-refractivity contribution is -0.200. The SMILES string of the molecule is Cc1cccc(CN(C[C@@H](O)C(F)(F)F)c2cccc(F)c2)c1. The summed E-state index contributed by atoms with van der Waals surface area (Å²) in [6.45, 7) is 1.35. The first kappa shape index (κ1) is 17.3. The molecule has 1 N–H and O–H groups in total. The van der Waals surface area contributed by atoms with Crippen LogP contribution in [0.3, 0.4) is 0 Å². The van der Waals surface area contributed by atoms with E-state index in [1.807, 2.05) is 19.1 Å². The molecule has 0 amide bonds. The predicted molar refractivity (Wildman–Crippen MR) is 80.7 cm³/mol. The van der Waals surface area contributed by atoms with E-state index in [2.05, 4.69) is 0 Å². The van der Waals surface area contributed by atoms with E-state index in [1.165, 1.54) is 23.1 Å². The van der Waals surface area contributed by atoms with Gasteiger partial charge in [-0.25, -0.2) is 4.39 Å². The second kappa shape index (κ2) is 7.00. The molecule has 0 fully saturated rings. The Bertz CT molecular complexity index is 657. The highest BCUT2D eigenvalue weighted by molar-refractivity contribution is 5.47. The van der Waals surface area contributed by atoms with E-state index in [0.717, 1.165) is 17.2 Å². The van der Waals surface area contributed by atoms with Gasteiger partial charge in [-0.3, -0.25) is 0 Å². The summed E-state index contributed by atoms with van der Waals surface area (Å²) in [5.74, 6) is -0.543. The molecule has 0 saturated carbocycles. The molecule has 2 aromatic carbocycles. The monoisotopic (exact) mass is 327 g/mol. The Morgan fingerprint density at radius 1 is 1.09 bits per heavy atom. The maximum atomic E-state index is 13.4. The maximum Gasteiger partial charge on any atom is 0.416 e. The third-order valence-electron chi connectivity index (χ3n) is 3.40. The van der Waals surface area contributed by atoms with Gasteiger partial charge in [0, 0.05) is 12.2 Å². The molecule has 6 heteroatoms. The van der Waals surface area contributed by atoms with E-state index in [4.69, 9.17) is 0 Å². The second-order valence-electron chi connectivity index (χ2n) is 5.41. The van der Waals surface area contributed by atoms with Crippen molar-refractivity contribution in [2.75, 3.05) is 11.4 Å². The van der Waals surface area contributed by atoms with Gasteiger partial charge in [0.1, 0.15) is 5.82 Å². The number of benzene rings is 2. The average Bonchev–Trinajstić information content (AvgIpc) is 2.45. The van der Waals surface area contributed by atoms with Crippen LogP contribution in [0.25, 0.3) is 0 Å². The van der Waals surface area contributed by atoms with Crippen molar-refractivity contribution >= 4 is 5.69 Å². The standard InChI is InChI=1S/C17H17F4NO/c1-12-4-2-5-13(8-12)10-22(11-16(23)17(19,20)21)15-7-3-6-14(18)9-15/h2-9,16,23H,10-11H2,1H3/t16-/m1/s1. The van der Waals surface area contributed by atoms with Crippen LogP contribution < -0.4 is 4.90 Å². The fourth-order valence-corrected chi connectivity index (χ4v) is 2.28. The van der Waals surface area contributed by atoms with Crippen molar-refractivity contribution in [2.45, 2.75) is 25.7 Å². The molecule has 0 aromatic heterocycles. The largest absolute Gasteiger partial charge is 0.416 e. The molecule has 2 aromatic rings. The van der Waals surface area contributed by atoms with Gasteiger partial charge in [0.25, 0.3) is 0 Å². The highest BCUT2D eigenvalue weighted by Gasteiger charge is 2.39. The lowest BCUT2D eigenvalue weighted by atomic mass is 10.1. The summed E-state index contributed by atoms with van der Waals surface area (Å²) < 4.78 is 51.4. The molecule has 2 rings (SSSR count). The maximum absolute atomic E-state index is 13.4. The van der Waals surface area contributed by atoms with Crippen LogP contribution in [0.4, 0.5) is 23.2 Å². The highest BCUT2D eigenvalue weighted by atomic mass is 19.4. The van der Waals surface area contributed by atoms with Gasteiger partial charge < -0.3 is 10.0 Å². The summed E-state index contributed by atoms with van der Waals surface area (Å²) in [7, 11) is 0. The number of hydrogen-bond acceptors (Lipinski definition) is 2. The summed E-state index contributed by atoms with van der Waals surface area (Å²) in [5, 5.41) is 9.36. The van der Waals surface area contributed by atoms with E-state index >= 15 is 0 Å². The summed E-state index contributed by atoms with van der Waals surface area (Å²) in [5.41, 5.74) is 2.04. The van der Waals surface area contributed by atoms with Crippen molar-refractivity contribution in [2.24, 2.45) is 0 Å². The van der Waals surface area contributed by atoms with Gasteiger partial charge in [-0.1, -0.05) is 35.9 Å². The van der Waals surface area contributed by atoms with Crippen LogP contribution in [0.1, 0.15) is 11.1 Å². The third kappa shape index (κ3) is 4.96. The minimum absolute atomic E-state index is 0.137. The number of alkyl halides is 3. The number of anilines is 1. The Labute approximate surface area is 132 Å². The van der Waals surface area contributed by atoms with Crippen molar-refractivity contribution in [1.82, 2.24) is 0 Å². The van der Waals surface area contributed by atoms with E-state index in [1.54, 1.807) is 12.1 Å². The molecule has 0 unspecified atom stereocenters. The van der Waals surface area contributed by atoms with Crippen LogP contribution in [-0.2, 0) is 6.54 Å². The smallest absolute Gasteiger partial charge is 0.382 e. The minimum Gasteiger partial charge on any atom is -0.382 e. The van der Waals surface area contributed by atoms with Gasteiger partial charge in [0.05, 0.1) is 6.54 Å². The summed E-state index contributed by atoms with van der Waals surface area (Å²) in [4.78, 5) is 1.32. The highest BCUT2D eigenvalue weighted by Crippen LogP contribution is 2.25. The fraction of sp³-hybridized carbons (Fsp3) is 0.294. The molecule has 0 radical (unpaired) electrons. The number of rotatable bonds is 5. The van der Waals surface area contributed by atoms with E-state index < -0.39 is 24.6 Å². The molecule has 0 spiro atoms. The molecule has 0 bridgehead atoms. The number of halogens is 4. The quantitative estimate of drug-likeness (QED) is 0.837. The number of aliphatic hydroxyl groups is 1. The number of nitrogens with zero attached hydrogens (tertiary/aromatic N) is 1. The molecule has 0 saturated heterocycles. The number of aliphatic hydroxyl groups excluding tert-OH is 1. The molecule has 0 aliphatic carbocycles. The zero-order valence-electron chi connectivity index (χ0n) is 12.5. The first-order valence-electron chi connectivity index (χ1n) is 7.06. The van der Waals surface area contributed by atoms with Gasteiger partial charge in [-0.05, 0) is 30.7 Å². The molecule has 1 atom stereocenters. The zero-order chi connectivity index (χ0) is 17.0. The van der Waals surface area contributed by atoms with Gasteiger partial charge >= 0.3 is 6.18 Å². The Balaban J connectivity index is 2.27. The summed E-state index contributed by atoms with van der Waals surface area (Å²) >= 11 is 0. The lowest BCUT2D eigenvalue weighted by Crippen LogP contribution is -2.40. The van der Waals surface area contributed by atoms with Crippen LogP contribution in [0.15, 0.2) is 48.5 Å². The van der Waals surface area contributed by atoms with Gasteiger partial charge in [-0.2, -0.15) is 13.2 Å². The van der Waals surface area contributed by atoms with Crippen molar-refractivity contribution in [3.63, 3.8) is 0 Å². The third-order valence-corrected chi connectivity index (χ3v) is 3.40. The van der Waals surface area contributed by atoms with Crippen molar-refractivity contribution < 1.29 is 22.7 Å².